The van der Waals surface area contributed by atoms with Crippen LogP contribution in [0.2, 0.25) is 0 Å². The number of rotatable bonds is 7. The van der Waals surface area contributed by atoms with Gasteiger partial charge in [0, 0.05) is 30.8 Å². The van der Waals surface area contributed by atoms with Gasteiger partial charge >= 0.3 is 0 Å². The number of fused-ring (bicyclic) bond motifs is 1. The van der Waals surface area contributed by atoms with Crippen molar-refractivity contribution in [2.45, 2.75) is 58.2 Å². The molecule has 0 atom stereocenters. The molecule has 0 bridgehead atoms. The van der Waals surface area contributed by atoms with E-state index in [0.29, 0.717) is 0 Å². The Morgan fingerprint density at radius 2 is 2.11 bits per heavy atom. The molecule has 1 aliphatic rings. The Hall–Kier alpha value is -1.28. The molecular weight excluding hydrogens is 232 g/mol. The largest absolute Gasteiger partial charge is 0.347 e. The lowest BCUT2D eigenvalue weighted by Gasteiger charge is -2.07. The summed E-state index contributed by atoms with van der Waals surface area (Å²) in [7, 11) is 0. The SMILES string of the molecule is CCCCCn1ccc2ccc(CNC3CC3)cc21. The first-order valence-electron chi connectivity index (χ1n) is 7.68. The van der Waals surface area contributed by atoms with Crippen LogP contribution in [0.3, 0.4) is 0 Å². The van der Waals surface area contributed by atoms with E-state index in [-0.39, 0.29) is 0 Å². The van der Waals surface area contributed by atoms with Gasteiger partial charge in [0.2, 0.25) is 0 Å². The number of nitrogens with zero attached hydrogens (tertiary/aromatic N) is 1. The fourth-order valence-corrected chi connectivity index (χ4v) is 2.62. The molecule has 2 heteroatoms. The predicted octanol–water partition coefficient (Wildman–Crippen LogP) is 4.08. The van der Waals surface area contributed by atoms with Crippen LogP contribution in [-0.4, -0.2) is 10.6 Å². The zero-order valence-electron chi connectivity index (χ0n) is 11.9. The second kappa shape index (κ2) is 5.79. The van der Waals surface area contributed by atoms with E-state index in [1.165, 1.54) is 48.6 Å². The van der Waals surface area contributed by atoms with Crippen LogP contribution in [0.4, 0.5) is 0 Å². The minimum Gasteiger partial charge on any atom is -0.347 e. The summed E-state index contributed by atoms with van der Waals surface area (Å²) in [6, 6.07) is 9.90. The van der Waals surface area contributed by atoms with Gasteiger partial charge in [0.25, 0.3) is 0 Å². The maximum absolute atomic E-state index is 3.59. The van der Waals surface area contributed by atoms with Gasteiger partial charge in [-0.15, -0.1) is 0 Å². The highest BCUT2D eigenvalue weighted by molar-refractivity contribution is 5.80. The van der Waals surface area contributed by atoms with E-state index in [9.17, 15) is 0 Å². The van der Waals surface area contributed by atoms with Gasteiger partial charge in [0.1, 0.15) is 0 Å². The van der Waals surface area contributed by atoms with Crippen LogP contribution in [0.5, 0.6) is 0 Å². The fraction of sp³-hybridized carbons (Fsp3) is 0.529. The standard InChI is InChI=1S/C17H24N2/c1-2-3-4-10-19-11-9-15-6-5-14(12-17(15)19)13-18-16-7-8-16/h5-6,9,11-12,16,18H,2-4,7-8,10,13H2,1H3. The number of aromatic nitrogens is 1. The molecule has 0 amide bonds. The predicted molar refractivity (Wildman–Crippen MR) is 81.3 cm³/mol. The molecule has 0 spiro atoms. The smallest absolute Gasteiger partial charge is 0.0483 e. The van der Waals surface area contributed by atoms with Gasteiger partial charge in [-0.2, -0.15) is 0 Å². The summed E-state index contributed by atoms with van der Waals surface area (Å²) in [5.74, 6) is 0. The lowest BCUT2D eigenvalue weighted by molar-refractivity contribution is 0.616. The minimum atomic E-state index is 0.784. The fourth-order valence-electron chi connectivity index (χ4n) is 2.62. The number of hydrogen-bond acceptors (Lipinski definition) is 1. The molecule has 1 saturated carbocycles. The molecule has 1 aliphatic carbocycles. The molecule has 0 radical (unpaired) electrons. The van der Waals surface area contributed by atoms with Gasteiger partial charge in [0.15, 0.2) is 0 Å². The van der Waals surface area contributed by atoms with Crippen molar-refractivity contribution in [3.8, 4) is 0 Å². The van der Waals surface area contributed by atoms with E-state index < -0.39 is 0 Å². The number of aryl methyl sites for hydroxylation is 1. The van der Waals surface area contributed by atoms with Crippen molar-refractivity contribution >= 4 is 10.9 Å². The molecule has 2 nitrogen and oxygen atoms in total. The quantitative estimate of drug-likeness (QED) is 0.738. The first-order chi connectivity index (χ1) is 9.36. The van der Waals surface area contributed by atoms with Crippen molar-refractivity contribution in [1.29, 1.82) is 0 Å². The lowest BCUT2D eigenvalue weighted by Crippen LogP contribution is -2.15. The molecule has 3 rings (SSSR count). The van der Waals surface area contributed by atoms with E-state index in [1.54, 1.807) is 0 Å². The third-order valence-corrected chi connectivity index (χ3v) is 4.01. The molecule has 1 aromatic heterocycles. The van der Waals surface area contributed by atoms with Gasteiger partial charge in [-0.05, 0) is 42.3 Å². The molecule has 0 aliphatic heterocycles. The van der Waals surface area contributed by atoms with E-state index in [2.05, 4.69) is 47.3 Å². The Bertz CT molecular complexity index is 537. The van der Waals surface area contributed by atoms with Crippen LogP contribution in [0.25, 0.3) is 10.9 Å². The number of benzene rings is 1. The van der Waals surface area contributed by atoms with Crippen molar-refractivity contribution in [1.82, 2.24) is 9.88 Å². The second-order valence-electron chi connectivity index (χ2n) is 5.76. The van der Waals surface area contributed by atoms with E-state index in [1.807, 2.05) is 0 Å². The van der Waals surface area contributed by atoms with Crippen LogP contribution in [0.15, 0.2) is 30.5 Å². The summed E-state index contributed by atoms with van der Waals surface area (Å²) in [5.41, 5.74) is 2.81. The molecule has 0 saturated heterocycles. The topological polar surface area (TPSA) is 17.0 Å². The van der Waals surface area contributed by atoms with Gasteiger partial charge in [-0.1, -0.05) is 31.9 Å². The Morgan fingerprint density at radius 1 is 1.21 bits per heavy atom. The summed E-state index contributed by atoms with van der Waals surface area (Å²) >= 11 is 0. The third-order valence-electron chi connectivity index (χ3n) is 4.01. The molecule has 102 valence electrons. The second-order valence-corrected chi connectivity index (χ2v) is 5.76. The van der Waals surface area contributed by atoms with Crippen LogP contribution in [0, 0.1) is 0 Å². The van der Waals surface area contributed by atoms with Gasteiger partial charge in [-0.3, -0.25) is 0 Å². The molecule has 2 aromatic rings. The maximum atomic E-state index is 3.59. The summed E-state index contributed by atoms with van der Waals surface area (Å²) in [5, 5.41) is 4.96. The highest BCUT2D eigenvalue weighted by Crippen LogP contribution is 2.21. The molecule has 19 heavy (non-hydrogen) atoms. The summed E-state index contributed by atoms with van der Waals surface area (Å²) < 4.78 is 2.41. The van der Waals surface area contributed by atoms with Gasteiger partial charge < -0.3 is 9.88 Å². The normalized spacial score (nSPS) is 15.2. The molecule has 1 fully saturated rings. The highest BCUT2D eigenvalue weighted by atomic mass is 15.0. The van der Waals surface area contributed by atoms with Crippen molar-refractivity contribution < 1.29 is 0 Å². The summed E-state index contributed by atoms with van der Waals surface area (Å²) in [6.07, 6.45) is 8.84. The van der Waals surface area contributed by atoms with Crippen molar-refractivity contribution in [2.75, 3.05) is 0 Å². The average Bonchev–Trinajstić information content (AvgIpc) is 3.18. The summed E-state index contributed by atoms with van der Waals surface area (Å²) in [4.78, 5) is 0. The van der Waals surface area contributed by atoms with Crippen LogP contribution < -0.4 is 5.32 Å². The maximum Gasteiger partial charge on any atom is 0.0483 e. The molecule has 1 N–H and O–H groups in total. The van der Waals surface area contributed by atoms with Crippen LogP contribution in [0.1, 0.15) is 44.6 Å². The van der Waals surface area contributed by atoms with Crippen molar-refractivity contribution in [2.24, 2.45) is 0 Å². The Kier molecular flexibility index (Phi) is 3.88. The molecule has 1 aromatic carbocycles. The Balaban J connectivity index is 1.72. The molecule has 1 heterocycles. The number of hydrogen-bond donors (Lipinski definition) is 1. The zero-order valence-corrected chi connectivity index (χ0v) is 11.9. The third kappa shape index (κ3) is 3.19. The first-order valence-corrected chi connectivity index (χ1v) is 7.68. The van der Waals surface area contributed by atoms with Crippen LogP contribution >= 0.6 is 0 Å². The summed E-state index contributed by atoms with van der Waals surface area (Å²) in [6.45, 7) is 4.42. The first kappa shape index (κ1) is 12.7. The number of unbranched alkanes of at least 4 members (excludes halogenated alkanes) is 2. The molecule has 0 unspecified atom stereocenters. The minimum absolute atomic E-state index is 0.784. The zero-order chi connectivity index (χ0) is 13.1. The van der Waals surface area contributed by atoms with Crippen molar-refractivity contribution in [3.05, 3.63) is 36.0 Å². The monoisotopic (exact) mass is 256 g/mol. The Labute approximate surface area is 115 Å². The van der Waals surface area contributed by atoms with Gasteiger partial charge in [-0.25, -0.2) is 0 Å². The van der Waals surface area contributed by atoms with E-state index in [4.69, 9.17) is 0 Å². The van der Waals surface area contributed by atoms with Crippen LogP contribution in [-0.2, 0) is 13.1 Å². The lowest BCUT2D eigenvalue weighted by atomic mass is 10.1. The Morgan fingerprint density at radius 3 is 2.89 bits per heavy atom. The van der Waals surface area contributed by atoms with E-state index >= 15 is 0 Å². The van der Waals surface area contributed by atoms with E-state index in [0.717, 1.165) is 19.1 Å². The van der Waals surface area contributed by atoms with Gasteiger partial charge in [0.05, 0.1) is 0 Å². The highest BCUT2D eigenvalue weighted by Gasteiger charge is 2.19. The average molecular weight is 256 g/mol. The molecular formula is C17H24N2. The van der Waals surface area contributed by atoms with Crippen molar-refractivity contribution in [3.63, 3.8) is 0 Å². The number of nitrogens with one attached hydrogen (secondary N) is 1.